The third kappa shape index (κ3) is 10.2. The fourth-order valence-corrected chi connectivity index (χ4v) is 6.08. The highest BCUT2D eigenvalue weighted by atomic mass is 19.1. The molecule has 0 saturated heterocycles. The van der Waals surface area contributed by atoms with Gasteiger partial charge in [-0.25, -0.2) is 33.7 Å². The molecule has 0 atom stereocenters. The third-order valence-electron chi connectivity index (χ3n) is 8.85. The minimum atomic E-state index is -0.303. The number of H-pyrrole nitrogens is 1. The predicted molar refractivity (Wildman–Crippen MR) is 220 cm³/mol. The van der Waals surface area contributed by atoms with Gasteiger partial charge in [0.15, 0.2) is 0 Å². The SMILES string of the molecule is Fc1ccc(-c2cnc(NCCNc3ccccc3)nc2-c2ccncc2)cc1.Nc1nc(CCCc2ncc[nH]2)nc(-c2ccncc2)c1-c1ccc(F)cc1. The lowest BCUT2D eigenvalue weighted by atomic mass is 10.00. The summed E-state index contributed by atoms with van der Waals surface area (Å²) in [6.07, 6.45) is 14.5. The number of benzene rings is 3. The number of para-hydroxylation sites is 1. The van der Waals surface area contributed by atoms with Gasteiger partial charge in [-0.1, -0.05) is 42.5 Å². The van der Waals surface area contributed by atoms with Crippen LogP contribution in [0.4, 0.5) is 26.2 Å². The van der Waals surface area contributed by atoms with Crippen molar-refractivity contribution in [3.63, 3.8) is 0 Å². The van der Waals surface area contributed by atoms with Crippen LogP contribution in [0.3, 0.4) is 0 Å². The number of pyridine rings is 2. The summed E-state index contributed by atoms with van der Waals surface area (Å²) in [5, 5.41) is 6.59. The van der Waals surface area contributed by atoms with Crippen LogP contribution in [0.15, 0.2) is 147 Å². The van der Waals surface area contributed by atoms with E-state index in [4.69, 9.17) is 15.7 Å². The molecule has 57 heavy (non-hydrogen) atoms. The second-order valence-electron chi connectivity index (χ2n) is 12.8. The Morgan fingerprint density at radius 2 is 1.21 bits per heavy atom. The number of nitrogens with two attached hydrogens (primary N) is 1. The lowest BCUT2D eigenvalue weighted by molar-refractivity contribution is 0.627. The molecule has 0 radical (unpaired) electrons. The first-order chi connectivity index (χ1) is 28.0. The first kappa shape index (κ1) is 37.9. The van der Waals surface area contributed by atoms with Gasteiger partial charge in [-0.05, 0) is 78.2 Å². The summed E-state index contributed by atoms with van der Waals surface area (Å²) >= 11 is 0. The van der Waals surface area contributed by atoms with Gasteiger partial charge in [0.05, 0.1) is 17.0 Å². The van der Waals surface area contributed by atoms with Crippen molar-refractivity contribution in [1.82, 2.24) is 39.9 Å². The van der Waals surface area contributed by atoms with Gasteiger partial charge in [-0.2, -0.15) is 0 Å². The first-order valence-electron chi connectivity index (χ1n) is 18.4. The number of rotatable bonds is 13. The minimum Gasteiger partial charge on any atom is -0.383 e. The maximum Gasteiger partial charge on any atom is 0.223 e. The molecule has 8 rings (SSSR count). The van der Waals surface area contributed by atoms with Gasteiger partial charge in [0.1, 0.15) is 29.1 Å². The molecule has 0 fully saturated rings. The maximum absolute atomic E-state index is 13.4. The normalized spacial score (nSPS) is 10.7. The van der Waals surface area contributed by atoms with Crippen LogP contribution >= 0.6 is 0 Å². The lowest BCUT2D eigenvalue weighted by Crippen LogP contribution is -2.15. The summed E-state index contributed by atoms with van der Waals surface area (Å²) in [7, 11) is 0. The Kier molecular flexibility index (Phi) is 12.5. The van der Waals surface area contributed by atoms with Crippen LogP contribution < -0.4 is 16.4 Å². The number of anilines is 3. The van der Waals surface area contributed by atoms with Crippen molar-refractivity contribution >= 4 is 17.5 Å². The molecule has 5 aromatic heterocycles. The molecule has 0 amide bonds. The zero-order valence-corrected chi connectivity index (χ0v) is 30.9. The van der Waals surface area contributed by atoms with Gasteiger partial charge in [0, 0.05) is 91.7 Å². The highest BCUT2D eigenvalue weighted by molar-refractivity contribution is 5.87. The Morgan fingerprint density at radius 3 is 1.86 bits per heavy atom. The molecular formula is C44H39F2N11. The second kappa shape index (κ2) is 18.8. The van der Waals surface area contributed by atoms with Crippen molar-refractivity contribution in [1.29, 1.82) is 0 Å². The van der Waals surface area contributed by atoms with Gasteiger partial charge < -0.3 is 21.4 Å². The summed E-state index contributed by atoms with van der Waals surface area (Å²) in [6.45, 7) is 1.40. The number of aryl methyl sites for hydroxylation is 2. The van der Waals surface area contributed by atoms with E-state index in [1.165, 1.54) is 24.3 Å². The van der Waals surface area contributed by atoms with E-state index in [9.17, 15) is 8.78 Å². The quantitative estimate of drug-likeness (QED) is 0.0839. The molecule has 0 spiro atoms. The molecule has 0 bridgehead atoms. The Bertz CT molecular complexity index is 2450. The van der Waals surface area contributed by atoms with E-state index < -0.39 is 0 Å². The number of hydrogen-bond donors (Lipinski definition) is 4. The van der Waals surface area contributed by atoms with E-state index in [0.717, 1.165) is 70.1 Å². The molecule has 5 heterocycles. The van der Waals surface area contributed by atoms with Crippen molar-refractivity contribution in [3.05, 3.63) is 170 Å². The number of nitrogens with one attached hydrogen (secondary N) is 3. The molecule has 0 aliphatic rings. The average molecular weight is 760 g/mol. The maximum atomic E-state index is 13.4. The number of aromatic nitrogens is 8. The van der Waals surface area contributed by atoms with E-state index in [-0.39, 0.29) is 11.6 Å². The monoisotopic (exact) mass is 759 g/mol. The smallest absolute Gasteiger partial charge is 0.223 e. The Balaban J connectivity index is 0.000000174. The van der Waals surface area contributed by atoms with Gasteiger partial charge >= 0.3 is 0 Å². The van der Waals surface area contributed by atoms with Crippen LogP contribution in [0.2, 0.25) is 0 Å². The highest BCUT2D eigenvalue weighted by Gasteiger charge is 2.17. The molecule has 8 aromatic rings. The third-order valence-corrected chi connectivity index (χ3v) is 8.85. The van der Waals surface area contributed by atoms with E-state index in [1.807, 2.05) is 60.8 Å². The van der Waals surface area contributed by atoms with Crippen molar-refractivity contribution in [2.45, 2.75) is 19.3 Å². The largest absolute Gasteiger partial charge is 0.383 e. The molecule has 13 heteroatoms. The standard InChI is InChI=1S/C23H20FN5.C21H19FN6/c24-19-8-6-17(7-9-19)21-16-28-23(29-22(21)18-10-12-25-13-11-18)27-15-14-26-20-4-2-1-3-5-20;22-16-6-4-14(5-7-16)19-20(15-8-10-24-11-9-15)27-18(28-21(19)23)3-1-2-17-25-12-13-26-17/h1-13,16,26H,14-15H2,(H,27,28,29);4-13H,1-3H2,(H,25,26)(H2,23,27,28). The lowest BCUT2D eigenvalue weighted by Gasteiger charge is -2.14. The summed E-state index contributed by atoms with van der Waals surface area (Å²) < 4.78 is 26.7. The zero-order chi connectivity index (χ0) is 39.2. The Hall–Kier alpha value is -7.41. The number of nitrogen functional groups attached to an aromatic ring is 1. The molecule has 3 aromatic carbocycles. The van der Waals surface area contributed by atoms with Crippen LogP contribution in [0.5, 0.6) is 0 Å². The molecular weight excluding hydrogens is 721 g/mol. The molecule has 11 nitrogen and oxygen atoms in total. The Labute approximate surface area is 328 Å². The van der Waals surface area contributed by atoms with Crippen LogP contribution in [-0.4, -0.2) is 53.0 Å². The highest BCUT2D eigenvalue weighted by Crippen LogP contribution is 2.35. The number of aromatic amines is 1. The molecule has 0 saturated carbocycles. The van der Waals surface area contributed by atoms with E-state index in [2.05, 4.69) is 40.5 Å². The summed E-state index contributed by atoms with van der Waals surface area (Å²) in [6, 6.07) is 30.1. The van der Waals surface area contributed by atoms with Crippen molar-refractivity contribution in [3.8, 4) is 44.8 Å². The predicted octanol–water partition coefficient (Wildman–Crippen LogP) is 8.69. The van der Waals surface area contributed by atoms with Crippen molar-refractivity contribution < 1.29 is 8.78 Å². The van der Waals surface area contributed by atoms with E-state index >= 15 is 0 Å². The van der Waals surface area contributed by atoms with Crippen LogP contribution in [0, 0.1) is 11.6 Å². The van der Waals surface area contributed by atoms with Crippen LogP contribution in [-0.2, 0) is 12.8 Å². The molecule has 0 unspecified atom stereocenters. The number of hydrogen-bond acceptors (Lipinski definition) is 10. The molecule has 284 valence electrons. The topological polar surface area (TPSA) is 156 Å². The van der Waals surface area contributed by atoms with Gasteiger partial charge in [0.2, 0.25) is 5.95 Å². The first-order valence-corrected chi connectivity index (χ1v) is 18.4. The fraction of sp³-hybridized carbons (Fsp3) is 0.114. The van der Waals surface area contributed by atoms with Crippen LogP contribution in [0.1, 0.15) is 18.1 Å². The minimum absolute atomic E-state index is 0.274. The number of imidazole rings is 1. The number of nitrogens with zero attached hydrogens (tertiary/aromatic N) is 7. The van der Waals surface area contributed by atoms with Crippen molar-refractivity contribution in [2.75, 3.05) is 29.5 Å². The summed E-state index contributed by atoms with van der Waals surface area (Å²) in [5.74, 6) is 1.94. The molecule has 0 aliphatic heterocycles. The van der Waals surface area contributed by atoms with Gasteiger partial charge in [-0.15, -0.1) is 0 Å². The molecule has 5 N–H and O–H groups in total. The zero-order valence-electron chi connectivity index (χ0n) is 30.9. The van der Waals surface area contributed by atoms with E-state index in [1.54, 1.807) is 61.4 Å². The second-order valence-corrected chi connectivity index (χ2v) is 12.8. The molecule has 0 aliphatic carbocycles. The van der Waals surface area contributed by atoms with Crippen molar-refractivity contribution in [2.24, 2.45) is 0 Å². The fourth-order valence-electron chi connectivity index (χ4n) is 6.08. The summed E-state index contributed by atoms with van der Waals surface area (Å²) in [5.41, 5.74) is 13.8. The average Bonchev–Trinajstić information content (AvgIpc) is 3.78. The van der Waals surface area contributed by atoms with Gasteiger partial charge in [0.25, 0.3) is 0 Å². The van der Waals surface area contributed by atoms with Gasteiger partial charge in [-0.3, -0.25) is 9.97 Å². The van der Waals surface area contributed by atoms with E-state index in [0.29, 0.717) is 36.1 Å². The number of halogens is 2. The van der Waals surface area contributed by atoms with Crippen LogP contribution in [0.25, 0.3) is 44.8 Å². The Morgan fingerprint density at radius 1 is 0.579 bits per heavy atom. The summed E-state index contributed by atoms with van der Waals surface area (Å²) in [4.78, 5) is 33.9.